The number of benzene rings is 1. The first-order chi connectivity index (χ1) is 15.5. The number of rotatable bonds is 3. The zero-order valence-corrected chi connectivity index (χ0v) is 18.6. The average Bonchev–Trinajstić information content (AvgIpc) is 3.23. The number of alkyl halides is 3. The number of H-pyrrole nitrogens is 1. The predicted octanol–water partition coefficient (Wildman–Crippen LogP) is 3.75. The summed E-state index contributed by atoms with van der Waals surface area (Å²) < 4.78 is 54.8. The van der Waals surface area contributed by atoms with Crippen LogP contribution in [-0.4, -0.2) is 70.5 Å². The van der Waals surface area contributed by atoms with Gasteiger partial charge in [-0.2, -0.15) is 13.2 Å². The Morgan fingerprint density at radius 1 is 1.18 bits per heavy atom. The van der Waals surface area contributed by atoms with E-state index in [2.05, 4.69) is 10.3 Å². The van der Waals surface area contributed by atoms with E-state index in [1.807, 2.05) is 6.92 Å². The molecule has 1 saturated carbocycles. The molecule has 2 amide bonds. The average molecular weight is 468 g/mol. The van der Waals surface area contributed by atoms with Gasteiger partial charge in [-0.05, 0) is 50.3 Å². The maximum atomic E-state index is 14.1. The highest BCUT2D eigenvalue weighted by atomic mass is 19.4. The van der Waals surface area contributed by atoms with Crippen LogP contribution in [0.25, 0.3) is 10.9 Å². The summed E-state index contributed by atoms with van der Waals surface area (Å²) in [6.45, 7) is 3.14. The van der Waals surface area contributed by atoms with Gasteiger partial charge in [0.1, 0.15) is 17.6 Å². The highest BCUT2D eigenvalue weighted by Gasteiger charge is 2.48. The molecule has 2 fully saturated rings. The van der Waals surface area contributed by atoms with E-state index in [4.69, 9.17) is 0 Å². The Kier molecular flexibility index (Phi) is 6.39. The van der Waals surface area contributed by atoms with Gasteiger partial charge < -0.3 is 15.2 Å². The van der Waals surface area contributed by atoms with Gasteiger partial charge in [-0.15, -0.1) is 0 Å². The second-order valence-electron chi connectivity index (χ2n) is 9.09. The Morgan fingerprint density at radius 2 is 1.94 bits per heavy atom. The van der Waals surface area contributed by atoms with Gasteiger partial charge in [0.15, 0.2) is 0 Å². The zero-order chi connectivity index (χ0) is 23.9. The Morgan fingerprint density at radius 3 is 2.61 bits per heavy atom. The fourth-order valence-corrected chi connectivity index (χ4v) is 5.13. The van der Waals surface area contributed by atoms with Crippen LogP contribution in [0.15, 0.2) is 18.2 Å². The molecular weight excluding hydrogens is 440 g/mol. The number of aryl methyl sites for hydroxylation is 1. The van der Waals surface area contributed by atoms with Gasteiger partial charge in [0.05, 0.1) is 5.52 Å². The number of amides is 2. The molecule has 1 aliphatic heterocycles. The molecule has 0 bridgehead atoms. The Balaban J connectivity index is 1.42. The van der Waals surface area contributed by atoms with E-state index in [0.29, 0.717) is 23.9 Å². The van der Waals surface area contributed by atoms with Crippen molar-refractivity contribution < 1.29 is 27.2 Å². The molecule has 0 unspecified atom stereocenters. The Labute approximate surface area is 189 Å². The molecule has 2 aliphatic rings. The van der Waals surface area contributed by atoms with Crippen molar-refractivity contribution in [1.82, 2.24) is 20.1 Å². The minimum atomic E-state index is -4.49. The predicted molar refractivity (Wildman–Crippen MR) is 115 cm³/mol. The maximum Gasteiger partial charge on any atom is 0.410 e. The van der Waals surface area contributed by atoms with E-state index in [-0.39, 0.29) is 36.8 Å². The lowest BCUT2D eigenvalue weighted by atomic mass is 9.89. The number of hydrogen-bond acceptors (Lipinski definition) is 3. The number of aromatic amines is 1. The number of carbonyl (C=O) groups is 2. The first-order valence-electron chi connectivity index (χ1n) is 11.2. The van der Waals surface area contributed by atoms with E-state index in [0.717, 1.165) is 36.6 Å². The fourth-order valence-electron chi connectivity index (χ4n) is 5.13. The molecule has 180 valence electrons. The third kappa shape index (κ3) is 4.85. The van der Waals surface area contributed by atoms with E-state index >= 15 is 0 Å². The van der Waals surface area contributed by atoms with Crippen LogP contribution in [0.1, 0.15) is 48.7 Å². The van der Waals surface area contributed by atoms with Gasteiger partial charge in [0.25, 0.3) is 5.91 Å². The topological polar surface area (TPSA) is 68.4 Å². The molecule has 6 nitrogen and oxygen atoms in total. The first kappa shape index (κ1) is 23.5. The lowest BCUT2D eigenvalue weighted by molar-refractivity contribution is -0.202. The van der Waals surface area contributed by atoms with Gasteiger partial charge >= 0.3 is 6.18 Å². The number of aromatic nitrogens is 1. The summed E-state index contributed by atoms with van der Waals surface area (Å²) in [4.78, 5) is 30.2. The van der Waals surface area contributed by atoms with Crippen LogP contribution in [0, 0.1) is 12.7 Å². The maximum absolute atomic E-state index is 14.1. The number of hydrogen-bond donors (Lipinski definition) is 2. The van der Waals surface area contributed by atoms with Crippen molar-refractivity contribution in [2.45, 2.75) is 63.8 Å². The molecule has 3 atom stereocenters. The summed E-state index contributed by atoms with van der Waals surface area (Å²) in [7, 11) is 0. The van der Waals surface area contributed by atoms with Gasteiger partial charge in [0.2, 0.25) is 5.91 Å². The molecule has 0 radical (unpaired) electrons. The van der Waals surface area contributed by atoms with E-state index < -0.39 is 23.9 Å². The van der Waals surface area contributed by atoms with Crippen LogP contribution in [0.3, 0.4) is 0 Å². The van der Waals surface area contributed by atoms with Crippen molar-refractivity contribution in [3.05, 3.63) is 35.3 Å². The summed E-state index contributed by atoms with van der Waals surface area (Å²) in [6, 6.07) is 2.38. The molecule has 1 aromatic carbocycles. The normalized spacial score (nSPS) is 24.8. The SMILES string of the molecule is CC(=O)N1CCN([C@@H]2CCC[C@@H](NC(=O)c3cc4c(F)ccc(C)c4[nH]3)C2)C[C@H]1C(F)(F)F. The summed E-state index contributed by atoms with van der Waals surface area (Å²) in [5.74, 6) is -1.34. The van der Waals surface area contributed by atoms with Crippen molar-refractivity contribution in [3.63, 3.8) is 0 Å². The quantitative estimate of drug-likeness (QED) is 0.675. The van der Waals surface area contributed by atoms with Gasteiger partial charge in [-0.1, -0.05) is 6.07 Å². The van der Waals surface area contributed by atoms with Crippen molar-refractivity contribution in [2.75, 3.05) is 19.6 Å². The summed E-state index contributed by atoms with van der Waals surface area (Å²) in [6.07, 6.45) is -1.71. The van der Waals surface area contributed by atoms with Crippen molar-refractivity contribution in [1.29, 1.82) is 0 Å². The largest absolute Gasteiger partial charge is 0.410 e. The van der Waals surface area contributed by atoms with Crippen LogP contribution < -0.4 is 5.32 Å². The van der Waals surface area contributed by atoms with Crippen molar-refractivity contribution in [2.24, 2.45) is 0 Å². The van der Waals surface area contributed by atoms with Crippen LogP contribution in [0.5, 0.6) is 0 Å². The number of halogens is 4. The summed E-state index contributed by atoms with van der Waals surface area (Å²) in [5, 5.41) is 3.32. The van der Waals surface area contributed by atoms with E-state index in [9.17, 15) is 27.2 Å². The molecule has 2 aromatic rings. The number of fused-ring (bicyclic) bond motifs is 1. The monoisotopic (exact) mass is 468 g/mol. The van der Waals surface area contributed by atoms with E-state index in [1.165, 1.54) is 12.1 Å². The Hall–Kier alpha value is -2.62. The molecular formula is C23H28F4N4O2. The fraction of sp³-hybridized carbons (Fsp3) is 0.565. The molecule has 2 heterocycles. The van der Waals surface area contributed by atoms with Gasteiger partial charge in [0, 0.05) is 44.0 Å². The highest BCUT2D eigenvalue weighted by Crippen LogP contribution is 2.32. The number of carbonyl (C=O) groups excluding carboxylic acids is 2. The molecule has 4 rings (SSSR count). The molecule has 0 spiro atoms. The summed E-state index contributed by atoms with van der Waals surface area (Å²) in [5.41, 5.74) is 1.66. The van der Waals surface area contributed by atoms with Crippen LogP contribution in [-0.2, 0) is 4.79 Å². The van der Waals surface area contributed by atoms with Crippen molar-refractivity contribution >= 4 is 22.7 Å². The summed E-state index contributed by atoms with van der Waals surface area (Å²) >= 11 is 0. The minimum absolute atomic E-state index is 0.0347. The zero-order valence-electron chi connectivity index (χ0n) is 18.6. The van der Waals surface area contributed by atoms with Crippen molar-refractivity contribution in [3.8, 4) is 0 Å². The van der Waals surface area contributed by atoms with Gasteiger partial charge in [-0.25, -0.2) is 4.39 Å². The molecule has 1 aromatic heterocycles. The molecule has 2 N–H and O–H groups in total. The lowest BCUT2D eigenvalue weighted by Crippen LogP contribution is -2.62. The number of piperazine rings is 1. The molecule has 1 saturated heterocycles. The van der Waals surface area contributed by atoms with Crippen LogP contribution in [0.2, 0.25) is 0 Å². The first-order valence-corrected chi connectivity index (χ1v) is 11.2. The number of nitrogens with zero attached hydrogens (tertiary/aromatic N) is 2. The third-order valence-corrected chi connectivity index (χ3v) is 6.89. The second kappa shape index (κ2) is 8.96. The lowest BCUT2D eigenvalue weighted by Gasteiger charge is -2.46. The molecule has 1 aliphatic carbocycles. The Bertz CT molecular complexity index is 1010. The second-order valence-corrected chi connectivity index (χ2v) is 9.09. The van der Waals surface area contributed by atoms with Gasteiger partial charge in [-0.3, -0.25) is 14.5 Å². The molecule has 33 heavy (non-hydrogen) atoms. The highest BCUT2D eigenvalue weighted by molar-refractivity contribution is 5.99. The standard InChI is InChI=1S/C23H28F4N4O2/c1-13-6-7-18(24)17-11-19(29-21(13)17)22(33)28-15-4-3-5-16(10-15)30-8-9-31(14(2)32)20(12-30)23(25,26)27/h6-7,11,15-16,20,29H,3-5,8-10,12H2,1-2H3,(H,28,33)/t15-,16-,20+/m1/s1. The molecule has 10 heteroatoms. The minimum Gasteiger partial charge on any atom is -0.350 e. The third-order valence-electron chi connectivity index (χ3n) is 6.89. The van der Waals surface area contributed by atoms with E-state index in [1.54, 1.807) is 11.0 Å². The van der Waals surface area contributed by atoms with Crippen LogP contribution >= 0.6 is 0 Å². The number of nitrogens with one attached hydrogen (secondary N) is 2. The smallest absolute Gasteiger partial charge is 0.350 e. The van der Waals surface area contributed by atoms with Crippen LogP contribution in [0.4, 0.5) is 17.6 Å².